The van der Waals surface area contributed by atoms with E-state index >= 15 is 0 Å². The average molecular weight is 362 g/mol. The summed E-state index contributed by atoms with van der Waals surface area (Å²) in [7, 11) is 0. The number of benzene rings is 2. The van der Waals surface area contributed by atoms with E-state index in [9.17, 15) is 0 Å². The predicted octanol–water partition coefficient (Wildman–Crippen LogP) is 5.20. The zero-order valence-corrected chi connectivity index (χ0v) is 15.4. The van der Waals surface area contributed by atoms with Crippen molar-refractivity contribution in [2.75, 3.05) is 11.9 Å². The maximum Gasteiger partial charge on any atom is 0.189 e. The topological polar surface area (TPSA) is 59.9 Å². The lowest BCUT2D eigenvalue weighted by atomic mass is 10.1. The molecular weight excluding hydrogens is 344 g/mol. The van der Waals surface area contributed by atoms with Crippen molar-refractivity contribution < 1.29 is 4.74 Å². The minimum Gasteiger partial charge on any atom is -0.494 e. The van der Waals surface area contributed by atoms with Crippen LogP contribution in [0.25, 0.3) is 21.5 Å². The molecule has 2 aromatic heterocycles. The normalized spacial score (nSPS) is 10.8. The molecule has 0 aliphatic heterocycles. The number of anilines is 2. The summed E-state index contributed by atoms with van der Waals surface area (Å²) in [5, 5.41) is 4.11. The molecule has 0 radical (unpaired) electrons. The average Bonchev–Trinajstić information content (AvgIpc) is 3.03. The second-order valence-corrected chi connectivity index (χ2v) is 6.79. The van der Waals surface area contributed by atoms with Crippen LogP contribution in [0.3, 0.4) is 0 Å². The number of nitrogens with zero attached hydrogens (tertiary/aromatic N) is 3. The Kier molecular flexibility index (Phi) is 4.50. The number of hydrogen-bond donors (Lipinski definition) is 1. The Balaban J connectivity index is 1.64. The number of fused-ring (bicyclic) bond motifs is 1. The first-order valence-corrected chi connectivity index (χ1v) is 9.24. The fourth-order valence-electron chi connectivity index (χ4n) is 2.71. The van der Waals surface area contributed by atoms with Crippen LogP contribution in [0.4, 0.5) is 10.9 Å². The third kappa shape index (κ3) is 3.50. The number of rotatable bonds is 5. The maximum atomic E-state index is 5.56. The second kappa shape index (κ2) is 7.09. The van der Waals surface area contributed by atoms with E-state index in [1.165, 1.54) is 0 Å². The van der Waals surface area contributed by atoms with Crippen LogP contribution in [-0.2, 0) is 0 Å². The molecule has 2 heterocycles. The summed E-state index contributed by atoms with van der Waals surface area (Å²) in [4.78, 5) is 13.7. The van der Waals surface area contributed by atoms with Gasteiger partial charge in [0.2, 0.25) is 0 Å². The van der Waals surface area contributed by atoms with Gasteiger partial charge in [-0.05, 0) is 32.0 Å². The van der Waals surface area contributed by atoms with Gasteiger partial charge < -0.3 is 10.1 Å². The first-order chi connectivity index (χ1) is 12.7. The number of thiazole rings is 1. The molecule has 0 fully saturated rings. The molecule has 4 rings (SSSR count). The van der Waals surface area contributed by atoms with Gasteiger partial charge in [-0.2, -0.15) is 0 Å². The van der Waals surface area contributed by atoms with Crippen LogP contribution in [0, 0.1) is 6.92 Å². The second-order valence-electron chi connectivity index (χ2n) is 5.76. The molecule has 0 bridgehead atoms. The third-order valence-corrected chi connectivity index (χ3v) is 4.75. The summed E-state index contributed by atoms with van der Waals surface area (Å²) < 4.78 is 6.64. The molecule has 0 unspecified atom stereocenters. The molecule has 26 heavy (non-hydrogen) atoms. The molecular formula is C20H18N4OS. The third-order valence-electron chi connectivity index (χ3n) is 3.81. The molecule has 2 aromatic carbocycles. The van der Waals surface area contributed by atoms with Crippen molar-refractivity contribution in [3.63, 3.8) is 0 Å². The first kappa shape index (κ1) is 16.5. The fraction of sp³-hybridized carbons (Fsp3) is 0.150. The minimum absolute atomic E-state index is 0.651. The zero-order chi connectivity index (χ0) is 17.9. The highest BCUT2D eigenvalue weighted by molar-refractivity contribution is 7.22. The summed E-state index contributed by atoms with van der Waals surface area (Å²) in [6.45, 7) is 4.52. The van der Waals surface area contributed by atoms with Crippen LogP contribution in [0.5, 0.6) is 5.75 Å². The van der Waals surface area contributed by atoms with Crippen molar-refractivity contribution in [2.24, 2.45) is 0 Å². The molecule has 0 aliphatic carbocycles. The summed E-state index contributed by atoms with van der Waals surface area (Å²) in [6, 6.07) is 18.0. The molecule has 0 saturated heterocycles. The minimum atomic E-state index is 0.651. The molecule has 130 valence electrons. The van der Waals surface area contributed by atoms with Crippen LogP contribution in [-0.4, -0.2) is 21.6 Å². The van der Waals surface area contributed by atoms with E-state index in [0.717, 1.165) is 38.2 Å². The number of ether oxygens (including phenoxy) is 1. The smallest absolute Gasteiger partial charge is 0.189 e. The molecule has 0 atom stereocenters. The van der Waals surface area contributed by atoms with Crippen LogP contribution in [0.2, 0.25) is 0 Å². The Labute approximate surface area is 155 Å². The van der Waals surface area contributed by atoms with Gasteiger partial charge in [0.1, 0.15) is 17.4 Å². The predicted molar refractivity (Wildman–Crippen MR) is 106 cm³/mol. The summed E-state index contributed by atoms with van der Waals surface area (Å²) in [6.07, 6.45) is 0. The van der Waals surface area contributed by atoms with E-state index in [1.807, 2.05) is 68.4 Å². The van der Waals surface area contributed by atoms with Crippen molar-refractivity contribution in [2.45, 2.75) is 13.8 Å². The van der Waals surface area contributed by atoms with Crippen LogP contribution in [0.1, 0.15) is 12.7 Å². The lowest BCUT2D eigenvalue weighted by Gasteiger charge is -2.06. The summed E-state index contributed by atoms with van der Waals surface area (Å²) >= 11 is 1.58. The summed E-state index contributed by atoms with van der Waals surface area (Å²) in [5.74, 6) is 2.31. The standard InChI is InChI=1S/C20H18N4OS/c1-3-25-15-9-10-16-18(11-15)26-20(23-16)24-19-12-17(21-13(2)22-19)14-7-5-4-6-8-14/h4-12H,3H2,1-2H3,(H,21,22,23,24). The van der Waals surface area contributed by atoms with Crippen LogP contribution < -0.4 is 10.1 Å². The van der Waals surface area contributed by atoms with Crippen molar-refractivity contribution >= 4 is 32.5 Å². The molecule has 4 aromatic rings. The van der Waals surface area contributed by atoms with E-state index in [4.69, 9.17) is 4.74 Å². The highest BCUT2D eigenvalue weighted by Crippen LogP contribution is 2.31. The molecule has 0 spiro atoms. The number of nitrogens with one attached hydrogen (secondary N) is 1. The Bertz CT molecular complexity index is 1050. The van der Waals surface area contributed by atoms with Gasteiger partial charge in [0.15, 0.2) is 5.13 Å². The van der Waals surface area contributed by atoms with Gasteiger partial charge in [-0.3, -0.25) is 0 Å². The molecule has 0 saturated carbocycles. The van der Waals surface area contributed by atoms with E-state index in [-0.39, 0.29) is 0 Å². The van der Waals surface area contributed by atoms with E-state index in [1.54, 1.807) is 11.3 Å². The first-order valence-electron chi connectivity index (χ1n) is 8.43. The quantitative estimate of drug-likeness (QED) is 0.528. The Morgan fingerprint density at radius 1 is 1.00 bits per heavy atom. The van der Waals surface area contributed by atoms with E-state index < -0.39 is 0 Å². The number of aromatic nitrogens is 3. The van der Waals surface area contributed by atoms with Crippen molar-refractivity contribution in [1.29, 1.82) is 0 Å². The molecule has 0 amide bonds. The van der Waals surface area contributed by atoms with Gasteiger partial charge >= 0.3 is 0 Å². The van der Waals surface area contributed by atoms with Gasteiger partial charge in [0.25, 0.3) is 0 Å². The lowest BCUT2D eigenvalue weighted by Crippen LogP contribution is -1.98. The Morgan fingerprint density at radius 3 is 2.65 bits per heavy atom. The number of hydrogen-bond acceptors (Lipinski definition) is 6. The Hall–Kier alpha value is -2.99. The van der Waals surface area contributed by atoms with Gasteiger partial charge in [-0.25, -0.2) is 15.0 Å². The van der Waals surface area contributed by atoms with Gasteiger partial charge in [0, 0.05) is 11.6 Å². The molecule has 1 N–H and O–H groups in total. The monoisotopic (exact) mass is 362 g/mol. The molecule has 0 aliphatic rings. The van der Waals surface area contributed by atoms with Crippen molar-refractivity contribution in [1.82, 2.24) is 15.0 Å². The molecule has 6 heteroatoms. The van der Waals surface area contributed by atoms with Crippen molar-refractivity contribution in [3.8, 4) is 17.0 Å². The Morgan fingerprint density at radius 2 is 1.85 bits per heavy atom. The van der Waals surface area contributed by atoms with Crippen molar-refractivity contribution in [3.05, 3.63) is 60.4 Å². The highest BCUT2D eigenvalue weighted by Gasteiger charge is 2.09. The summed E-state index contributed by atoms with van der Waals surface area (Å²) in [5.41, 5.74) is 2.89. The van der Waals surface area contributed by atoms with Gasteiger partial charge in [-0.15, -0.1) is 0 Å². The SMILES string of the molecule is CCOc1ccc2nc(Nc3cc(-c4ccccc4)nc(C)n3)sc2c1. The van der Waals surface area contributed by atoms with Crippen LogP contribution in [0.15, 0.2) is 54.6 Å². The van der Waals surface area contributed by atoms with Gasteiger partial charge in [-0.1, -0.05) is 41.7 Å². The van der Waals surface area contributed by atoms with Crippen LogP contribution >= 0.6 is 11.3 Å². The molecule has 5 nitrogen and oxygen atoms in total. The largest absolute Gasteiger partial charge is 0.494 e. The zero-order valence-electron chi connectivity index (χ0n) is 14.6. The highest BCUT2D eigenvalue weighted by atomic mass is 32.1. The lowest BCUT2D eigenvalue weighted by molar-refractivity contribution is 0.341. The maximum absolute atomic E-state index is 5.56. The number of aryl methyl sites for hydroxylation is 1. The van der Waals surface area contributed by atoms with Gasteiger partial charge in [0.05, 0.1) is 22.5 Å². The fourth-order valence-corrected chi connectivity index (χ4v) is 3.61. The van der Waals surface area contributed by atoms with E-state index in [2.05, 4.69) is 20.3 Å². The van der Waals surface area contributed by atoms with E-state index in [0.29, 0.717) is 12.4 Å².